The minimum absolute atomic E-state index is 0.258. The molecule has 0 aromatic carbocycles. The van der Waals surface area contributed by atoms with E-state index in [9.17, 15) is 4.79 Å². The maximum Gasteiger partial charge on any atom is 0.402 e. The first kappa shape index (κ1) is 7.88. The van der Waals surface area contributed by atoms with Gasteiger partial charge in [-0.3, -0.25) is 0 Å². The van der Waals surface area contributed by atoms with Crippen molar-refractivity contribution < 1.29 is 9.53 Å². The average molecular weight is 180 g/mol. The molecule has 5 heteroatoms. The number of amides is 1. The zero-order chi connectivity index (χ0) is 7.78. The Labute approximate surface area is 65.7 Å². The number of hydrogen-bond acceptors (Lipinski definition) is 2. The van der Waals surface area contributed by atoms with Gasteiger partial charge in [0.05, 0.1) is 6.54 Å². The average Bonchev–Trinajstić information content (AvgIpc) is 2.11. The Morgan fingerprint density at radius 3 is 2.50 bits per heavy atom. The van der Waals surface area contributed by atoms with Gasteiger partial charge in [-0.1, -0.05) is 0 Å². The van der Waals surface area contributed by atoms with Crippen LogP contribution < -0.4 is 0 Å². The molecular weight excluding hydrogens is 170 g/mol. The third-order valence-corrected chi connectivity index (χ3v) is 3.70. The number of rotatable bonds is 1. The molecule has 0 bridgehead atoms. The predicted molar refractivity (Wildman–Crippen MR) is 41.4 cm³/mol. The van der Waals surface area contributed by atoms with E-state index in [1.54, 1.807) is 4.57 Å². The van der Waals surface area contributed by atoms with Crippen molar-refractivity contribution in [2.24, 2.45) is 0 Å². The van der Waals surface area contributed by atoms with Gasteiger partial charge in [-0.05, 0) is 13.1 Å². The van der Waals surface area contributed by atoms with E-state index in [1.807, 2.05) is 13.1 Å². The van der Waals surface area contributed by atoms with Crippen LogP contribution in [0.2, 0.25) is 13.1 Å². The fourth-order valence-electron chi connectivity index (χ4n) is 0.876. The zero-order valence-electron chi connectivity index (χ0n) is 6.06. The van der Waals surface area contributed by atoms with Crippen molar-refractivity contribution >= 4 is 24.7 Å². The van der Waals surface area contributed by atoms with E-state index >= 15 is 0 Å². The molecule has 0 spiro atoms. The number of hydrogen-bond donors (Lipinski definition) is 0. The molecule has 0 unspecified atom stereocenters. The molecule has 0 saturated carbocycles. The first-order valence-corrected chi connectivity index (χ1v) is 7.11. The minimum atomic E-state index is -1.96. The first-order chi connectivity index (χ1) is 4.52. The lowest BCUT2D eigenvalue weighted by atomic mass is 10.7. The van der Waals surface area contributed by atoms with Crippen LogP contribution in [-0.4, -0.2) is 31.4 Å². The van der Waals surface area contributed by atoms with Crippen LogP contribution in [0.15, 0.2) is 0 Å². The highest BCUT2D eigenvalue weighted by atomic mass is 35.6. The van der Waals surface area contributed by atoms with Crippen molar-refractivity contribution in [2.45, 2.75) is 13.1 Å². The second-order valence-corrected chi connectivity index (χ2v) is 8.81. The highest BCUT2D eigenvalue weighted by Crippen LogP contribution is 2.18. The van der Waals surface area contributed by atoms with Gasteiger partial charge in [0.1, 0.15) is 6.61 Å². The van der Waals surface area contributed by atoms with E-state index in [0.717, 1.165) is 0 Å². The monoisotopic (exact) mass is 179 g/mol. The molecule has 1 fully saturated rings. The number of ether oxygens (including phenoxy) is 1. The molecule has 0 aliphatic carbocycles. The summed E-state index contributed by atoms with van der Waals surface area (Å²) in [6.07, 6.45) is -0.258. The lowest BCUT2D eigenvalue weighted by Gasteiger charge is -2.23. The van der Waals surface area contributed by atoms with E-state index in [0.29, 0.717) is 13.2 Å². The van der Waals surface area contributed by atoms with Crippen LogP contribution in [-0.2, 0) is 4.74 Å². The highest BCUT2D eigenvalue weighted by Gasteiger charge is 2.36. The Morgan fingerprint density at radius 1 is 1.70 bits per heavy atom. The van der Waals surface area contributed by atoms with Crippen LogP contribution in [0.3, 0.4) is 0 Å². The van der Waals surface area contributed by atoms with E-state index in [4.69, 9.17) is 15.8 Å². The van der Waals surface area contributed by atoms with Gasteiger partial charge >= 0.3 is 6.09 Å². The molecule has 58 valence electrons. The third kappa shape index (κ3) is 1.43. The molecule has 0 aromatic heterocycles. The van der Waals surface area contributed by atoms with Gasteiger partial charge in [-0.15, -0.1) is 11.1 Å². The van der Waals surface area contributed by atoms with Crippen molar-refractivity contribution in [2.75, 3.05) is 13.2 Å². The summed E-state index contributed by atoms with van der Waals surface area (Å²) in [6.45, 7) is 4.95. The van der Waals surface area contributed by atoms with E-state index in [-0.39, 0.29) is 6.09 Å². The summed E-state index contributed by atoms with van der Waals surface area (Å²) in [5.41, 5.74) is 0. The van der Waals surface area contributed by atoms with Crippen molar-refractivity contribution in [3.05, 3.63) is 0 Å². The maximum absolute atomic E-state index is 10.9. The second kappa shape index (κ2) is 2.43. The summed E-state index contributed by atoms with van der Waals surface area (Å²) in [4.78, 5) is 10.9. The zero-order valence-corrected chi connectivity index (χ0v) is 7.81. The summed E-state index contributed by atoms with van der Waals surface area (Å²) < 4.78 is 6.36. The van der Waals surface area contributed by atoms with Gasteiger partial charge in [0.25, 0.3) is 7.55 Å². The van der Waals surface area contributed by atoms with Gasteiger partial charge in [-0.2, -0.15) is 0 Å². The molecule has 1 heterocycles. The van der Waals surface area contributed by atoms with Gasteiger partial charge in [0.2, 0.25) is 0 Å². The SMILES string of the molecule is C[Si](C)(Cl)N1CCOC1=O. The lowest BCUT2D eigenvalue weighted by Crippen LogP contribution is -2.44. The molecule has 0 radical (unpaired) electrons. The van der Waals surface area contributed by atoms with E-state index < -0.39 is 7.55 Å². The largest absolute Gasteiger partial charge is 0.448 e. The molecular formula is C5H10ClNO2Si. The van der Waals surface area contributed by atoms with Crippen LogP contribution in [0.4, 0.5) is 4.79 Å². The van der Waals surface area contributed by atoms with Gasteiger partial charge in [-0.25, -0.2) is 4.79 Å². The third-order valence-electron chi connectivity index (χ3n) is 1.40. The van der Waals surface area contributed by atoms with Gasteiger partial charge in [0, 0.05) is 0 Å². The van der Waals surface area contributed by atoms with Crippen LogP contribution in [0.1, 0.15) is 0 Å². The molecule has 1 aliphatic heterocycles. The number of halogens is 1. The molecule has 0 N–H and O–H groups in total. The molecule has 1 saturated heterocycles. The standard InChI is InChI=1S/C5H10ClNO2Si/c1-10(2,6)7-3-4-9-5(7)8/h3-4H2,1-2H3. The van der Waals surface area contributed by atoms with E-state index in [2.05, 4.69) is 0 Å². The summed E-state index contributed by atoms with van der Waals surface area (Å²) >= 11 is 6.00. The van der Waals surface area contributed by atoms with Gasteiger partial charge in [0.15, 0.2) is 0 Å². The Hall–Kier alpha value is -0.223. The maximum atomic E-state index is 10.9. The lowest BCUT2D eigenvalue weighted by molar-refractivity contribution is 0.169. The predicted octanol–water partition coefficient (Wildman–Crippen LogP) is 1.38. The molecule has 1 amide bonds. The van der Waals surface area contributed by atoms with Crippen LogP contribution in [0.5, 0.6) is 0 Å². The van der Waals surface area contributed by atoms with Crippen molar-refractivity contribution in [3.63, 3.8) is 0 Å². The molecule has 0 atom stereocenters. The molecule has 3 nitrogen and oxygen atoms in total. The number of carbonyl (C=O) groups is 1. The fraction of sp³-hybridized carbons (Fsp3) is 0.800. The summed E-state index contributed by atoms with van der Waals surface area (Å²) in [5, 5.41) is 0. The second-order valence-electron chi connectivity index (χ2n) is 2.68. The van der Waals surface area contributed by atoms with Crippen LogP contribution in [0, 0.1) is 0 Å². The summed E-state index contributed by atoms with van der Waals surface area (Å²) in [6, 6.07) is 0. The Balaban J connectivity index is 2.64. The smallest absolute Gasteiger partial charge is 0.402 e. The quantitative estimate of drug-likeness (QED) is 0.450. The minimum Gasteiger partial charge on any atom is -0.448 e. The fourth-order valence-corrected chi connectivity index (χ4v) is 2.46. The number of nitrogens with zero attached hydrogens (tertiary/aromatic N) is 1. The highest BCUT2D eigenvalue weighted by molar-refractivity contribution is 7.18. The van der Waals surface area contributed by atoms with Crippen LogP contribution in [0.25, 0.3) is 0 Å². The summed E-state index contributed by atoms with van der Waals surface area (Å²) in [7, 11) is -1.96. The number of carbonyl (C=O) groups excluding carboxylic acids is 1. The first-order valence-electron chi connectivity index (χ1n) is 3.15. The number of cyclic esters (lactones) is 1. The van der Waals surface area contributed by atoms with Crippen molar-refractivity contribution in [1.82, 2.24) is 4.57 Å². The van der Waals surface area contributed by atoms with Crippen molar-refractivity contribution in [3.8, 4) is 0 Å². The normalized spacial score (nSPS) is 19.5. The topological polar surface area (TPSA) is 29.5 Å². The Morgan fingerprint density at radius 2 is 2.30 bits per heavy atom. The molecule has 1 rings (SSSR count). The molecule has 0 aromatic rings. The Bertz CT molecular complexity index is 156. The van der Waals surface area contributed by atoms with Crippen LogP contribution >= 0.6 is 11.1 Å². The molecule has 10 heavy (non-hydrogen) atoms. The molecule has 1 aliphatic rings. The summed E-state index contributed by atoms with van der Waals surface area (Å²) in [5.74, 6) is 0. The Kier molecular flexibility index (Phi) is 1.92. The van der Waals surface area contributed by atoms with Crippen molar-refractivity contribution in [1.29, 1.82) is 0 Å². The van der Waals surface area contributed by atoms with Gasteiger partial charge < -0.3 is 9.30 Å². The van der Waals surface area contributed by atoms with E-state index in [1.165, 1.54) is 0 Å².